The molecule has 0 bridgehead atoms. The number of aromatic carboxylic acids is 1. The highest BCUT2D eigenvalue weighted by Crippen LogP contribution is 2.29. The van der Waals surface area contributed by atoms with Crippen molar-refractivity contribution in [2.24, 2.45) is 0 Å². The normalized spacial score (nSPS) is 10.4. The quantitative estimate of drug-likeness (QED) is 0.729. The van der Waals surface area contributed by atoms with Crippen molar-refractivity contribution in [3.63, 3.8) is 0 Å². The maximum atomic E-state index is 10.9. The number of nitrogens with one attached hydrogen (secondary N) is 1. The molecule has 110 valence electrons. The van der Waals surface area contributed by atoms with Crippen LogP contribution in [0.2, 0.25) is 0 Å². The number of carboxylic acid groups (broad SMARTS) is 1. The van der Waals surface area contributed by atoms with Crippen LogP contribution in [0.25, 0.3) is 0 Å². The third-order valence-corrected chi connectivity index (χ3v) is 3.56. The van der Waals surface area contributed by atoms with Crippen molar-refractivity contribution in [2.75, 3.05) is 11.1 Å². The maximum absolute atomic E-state index is 10.9. The fourth-order valence-corrected chi connectivity index (χ4v) is 2.35. The number of carboxylic acids is 1. The number of carbonyl (C=O) groups is 1. The second-order valence-electron chi connectivity index (χ2n) is 4.89. The Balaban J connectivity index is 2.40. The zero-order valence-electron chi connectivity index (χ0n) is 12.3. The predicted molar refractivity (Wildman–Crippen MR) is 86.3 cm³/mol. The highest BCUT2D eigenvalue weighted by atomic mass is 16.4. The molecule has 0 radical (unpaired) electrons. The Bertz CT molecular complexity index is 644. The molecule has 0 heterocycles. The third kappa shape index (κ3) is 3.16. The van der Waals surface area contributed by atoms with E-state index in [1.165, 1.54) is 17.2 Å². The number of hydrogen-bond donors (Lipinski definition) is 3. The topological polar surface area (TPSA) is 75.3 Å². The molecule has 0 aliphatic heterocycles. The summed E-state index contributed by atoms with van der Waals surface area (Å²) in [6.07, 6.45) is 1.84. The van der Waals surface area contributed by atoms with Gasteiger partial charge >= 0.3 is 5.97 Å². The van der Waals surface area contributed by atoms with Gasteiger partial charge in [-0.15, -0.1) is 0 Å². The van der Waals surface area contributed by atoms with Gasteiger partial charge in [0.05, 0.1) is 16.9 Å². The molecule has 0 aliphatic rings. The largest absolute Gasteiger partial charge is 0.478 e. The van der Waals surface area contributed by atoms with Crippen molar-refractivity contribution in [2.45, 2.75) is 26.7 Å². The van der Waals surface area contributed by atoms with Crippen molar-refractivity contribution < 1.29 is 9.90 Å². The Morgan fingerprint density at radius 3 is 2.24 bits per heavy atom. The van der Waals surface area contributed by atoms with Crippen LogP contribution in [0.1, 0.15) is 35.3 Å². The minimum absolute atomic E-state index is 0.192. The molecule has 2 aromatic carbocycles. The number of para-hydroxylation sites is 1. The van der Waals surface area contributed by atoms with E-state index in [1.807, 2.05) is 0 Å². The Labute approximate surface area is 124 Å². The minimum atomic E-state index is -0.976. The molecule has 2 aromatic rings. The summed E-state index contributed by atoms with van der Waals surface area (Å²) >= 11 is 0. The lowest BCUT2D eigenvalue weighted by Gasteiger charge is -2.17. The van der Waals surface area contributed by atoms with E-state index in [0.717, 1.165) is 24.2 Å². The molecule has 2 rings (SSSR count). The molecule has 4 nitrogen and oxygen atoms in total. The summed E-state index contributed by atoms with van der Waals surface area (Å²) in [6.45, 7) is 4.22. The first-order chi connectivity index (χ1) is 10.1. The first-order valence-electron chi connectivity index (χ1n) is 7.07. The Morgan fingerprint density at radius 1 is 1.14 bits per heavy atom. The predicted octanol–water partition coefficient (Wildman–Crippen LogP) is 3.84. The molecule has 0 saturated carbocycles. The van der Waals surface area contributed by atoms with Crippen LogP contribution in [0, 0.1) is 0 Å². The summed E-state index contributed by atoms with van der Waals surface area (Å²) in [7, 11) is 0. The van der Waals surface area contributed by atoms with Crippen LogP contribution >= 0.6 is 0 Å². The number of nitrogens with two attached hydrogens (primary N) is 1. The second-order valence-corrected chi connectivity index (χ2v) is 4.89. The van der Waals surface area contributed by atoms with E-state index in [0.29, 0.717) is 5.69 Å². The average molecular weight is 284 g/mol. The average Bonchev–Trinajstić information content (AvgIpc) is 2.49. The van der Waals surface area contributed by atoms with Gasteiger partial charge in [0.1, 0.15) is 0 Å². The van der Waals surface area contributed by atoms with Crippen molar-refractivity contribution in [1.29, 1.82) is 0 Å². The van der Waals surface area contributed by atoms with Gasteiger partial charge in [0.2, 0.25) is 0 Å². The Morgan fingerprint density at radius 2 is 1.76 bits per heavy atom. The monoisotopic (exact) mass is 284 g/mol. The summed E-state index contributed by atoms with van der Waals surface area (Å²) in [5.74, 6) is -0.976. The van der Waals surface area contributed by atoms with E-state index >= 15 is 0 Å². The lowest BCUT2D eigenvalue weighted by Crippen LogP contribution is -2.04. The van der Waals surface area contributed by atoms with E-state index in [9.17, 15) is 4.79 Å². The van der Waals surface area contributed by atoms with E-state index < -0.39 is 5.97 Å². The number of hydrogen-bond acceptors (Lipinski definition) is 3. The van der Waals surface area contributed by atoms with Crippen molar-refractivity contribution in [3.05, 3.63) is 53.1 Å². The van der Waals surface area contributed by atoms with Crippen molar-refractivity contribution in [3.8, 4) is 0 Å². The highest BCUT2D eigenvalue weighted by Gasteiger charge is 2.10. The first-order valence-corrected chi connectivity index (χ1v) is 7.07. The van der Waals surface area contributed by atoms with Crippen LogP contribution in [0.3, 0.4) is 0 Å². The fourth-order valence-electron chi connectivity index (χ4n) is 2.35. The molecular weight excluding hydrogens is 264 g/mol. The maximum Gasteiger partial charge on any atom is 0.335 e. The van der Waals surface area contributed by atoms with Gasteiger partial charge < -0.3 is 16.2 Å². The number of anilines is 3. The van der Waals surface area contributed by atoms with Crippen molar-refractivity contribution in [1.82, 2.24) is 0 Å². The molecule has 0 aromatic heterocycles. The van der Waals surface area contributed by atoms with Gasteiger partial charge in [0, 0.05) is 5.69 Å². The fraction of sp³-hybridized carbons (Fsp3) is 0.235. The van der Waals surface area contributed by atoms with Gasteiger partial charge in [-0.2, -0.15) is 0 Å². The lowest BCUT2D eigenvalue weighted by atomic mass is 10.0. The minimum Gasteiger partial charge on any atom is -0.478 e. The standard InChI is InChI=1S/C17H20N2O2/c1-3-11-6-5-7-12(4-2)16(11)19-15-9-8-13(17(20)21)10-14(15)18/h5-10,19H,3-4,18H2,1-2H3,(H,20,21). The molecule has 0 spiro atoms. The SMILES string of the molecule is CCc1cccc(CC)c1Nc1ccc(C(=O)O)cc1N. The van der Waals surface area contributed by atoms with Gasteiger partial charge in [-0.25, -0.2) is 4.79 Å². The van der Waals surface area contributed by atoms with Crippen LogP contribution in [0.15, 0.2) is 36.4 Å². The molecular formula is C17H20N2O2. The molecule has 0 amide bonds. The third-order valence-electron chi connectivity index (χ3n) is 3.56. The van der Waals surface area contributed by atoms with E-state index in [2.05, 4.69) is 37.4 Å². The molecule has 0 atom stereocenters. The van der Waals surface area contributed by atoms with Gasteiger partial charge in [0.25, 0.3) is 0 Å². The van der Waals surface area contributed by atoms with Crippen LogP contribution in [0.5, 0.6) is 0 Å². The van der Waals surface area contributed by atoms with Crippen LogP contribution < -0.4 is 11.1 Å². The number of aryl methyl sites for hydroxylation is 2. The zero-order chi connectivity index (χ0) is 15.4. The number of benzene rings is 2. The summed E-state index contributed by atoms with van der Waals surface area (Å²) in [5.41, 5.74) is 10.8. The molecule has 0 fully saturated rings. The first kappa shape index (κ1) is 14.9. The molecule has 0 saturated heterocycles. The van der Waals surface area contributed by atoms with Gasteiger partial charge in [0.15, 0.2) is 0 Å². The lowest BCUT2D eigenvalue weighted by molar-refractivity contribution is 0.0697. The molecule has 4 N–H and O–H groups in total. The van der Waals surface area contributed by atoms with Gasteiger partial charge in [-0.3, -0.25) is 0 Å². The second kappa shape index (κ2) is 6.31. The van der Waals surface area contributed by atoms with Gasteiger partial charge in [-0.05, 0) is 42.2 Å². The van der Waals surface area contributed by atoms with Crippen LogP contribution in [-0.2, 0) is 12.8 Å². The zero-order valence-corrected chi connectivity index (χ0v) is 12.3. The molecule has 0 aliphatic carbocycles. The summed E-state index contributed by atoms with van der Waals surface area (Å²) in [6, 6.07) is 11.0. The highest BCUT2D eigenvalue weighted by molar-refractivity contribution is 5.91. The summed E-state index contributed by atoms with van der Waals surface area (Å²) in [4.78, 5) is 10.9. The van der Waals surface area contributed by atoms with Gasteiger partial charge in [-0.1, -0.05) is 32.0 Å². The number of nitrogen functional groups attached to an aromatic ring is 1. The molecule has 0 unspecified atom stereocenters. The number of rotatable bonds is 5. The van der Waals surface area contributed by atoms with E-state index in [1.54, 1.807) is 12.1 Å². The Hall–Kier alpha value is -2.49. The van der Waals surface area contributed by atoms with E-state index in [4.69, 9.17) is 10.8 Å². The van der Waals surface area contributed by atoms with Crippen molar-refractivity contribution >= 4 is 23.0 Å². The summed E-state index contributed by atoms with van der Waals surface area (Å²) < 4.78 is 0. The smallest absolute Gasteiger partial charge is 0.335 e. The molecule has 4 heteroatoms. The van der Waals surface area contributed by atoms with Crippen LogP contribution in [-0.4, -0.2) is 11.1 Å². The van der Waals surface area contributed by atoms with Crippen LogP contribution in [0.4, 0.5) is 17.1 Å². The molecule has 21 heavy (non-hydrogen) atoms. The van der Waals surface area contributed by atoms with E-state index in [-0.39, 0.29) is 5.56 Å². The Kier molecular flexibility index (Phi) is 4.48. The summed E-state index contributed by atoms with van der Waals surface area (Å²) in [5, 5.41) is 12.3.